The standard InChI is InChI=1S/C10H13BrO3/c1-6-7(3-4-12)10(14-2)9(13)5-8(6)11/h5,12-13H,3-4H2,1-2H3. The van der Waals surface area contributed by atoms with Crippen molar-refractivity contribution < 1.29 is 14.9 Å². The summed E-state index contributed by atoms with van der Waals surface area (Å²) in [5, 5.41) is 18.5. The van der Waals surface area contributed by atoms with Gasteiger partial charge in [-0.15, -0.1) is 0 Å². The van der Waals surface area contributed by atoms with Crippen LogP contribution in [-0.2, 0) is 6.42 Å². The number of phenolic OH excluding ortho intramolecular Hbond substituents is 1. The van der Waals surface area contributed by atoms with Crippen LogP contribution in [0, 0.1) is 6.92 Å². The predicted molar refractivity (Wildman–Crippen MR) is 57.9 cm³/mol. The third-order valence-corrected chi connectivity index (χ3v) is 2.97. The number of hydrogen-bond donors (Lipinski definition) is 2. The van der Waals surface area contributed by atoms with Gasteiger partial charge < -0.3 is 14.9 Å². The van der Waals surface area contributed by atoms with E-state index in [-0.39, 0.29) is 12.4 Å². The molecule has 0 aliphatic heterocycles. The van der Waals surface area contributed by atoms with Crippen molar-refractivity contribution in [2.24, 2.45) is 0 Å². The molecule has 14 heavy (non-hydrogen) atoms. The maximum atomic E-state index is 9.59. The highest BCUT2D eigenvalue weighted by Crippen LogP contribution is 2.37. The van der Waals surface area contributed by atoms with E-state index in [4.69, 9.17) is 9.84 Å². The molecule has 1 aromatic carbocycles. The molecular weight excluding hydrogens is 248 g/mol. The highest BCUT2D eigenvalue weighted by atomic mass is 79.9. The van der Waals surface area contributed by atoms with Crippen molar-refractivity contribution >= 4 is 15.9 Å². The van der Waals surface area contributed by atoms with Crippen LogP contribution in [-0.4, -0.2) is 23.9 Å². The number of rotatable bonds is 3. The van der Waals surface area contributed by atoms with E-state index in [0.717, 1.165) is 15.6 Å². The average molecular weight is 261 g/mol. The van der Waals surface area contributed by atoms with Crippen molar-refractivity contribution in [2.75, 3.05) is 13.7 Å². The molecule has 78 valence electrons. The van der Waals surface area contributed by atoms with Crippen LogP contribution < -0.4 is 4.74 Å². The normalized spacial score (nSPS) is 10.3. The molecule has 0 saturated heterocycles. The van der Waals surface area contributed by atoms with E-state index in [1.54, 1.807) is 6.07 Å². The first-order chi connectivity index (χ1) is 6.61. The fraction of sp³-hybridized carbons (Fsp3) is 0.400. The Labute approximate surface area is 91.5 Å². The summed E-state index contributed by atoms with van der Waals surface area (Å²) in [6.45, 7) is 1.95. The number of phenols is 1. The van der Waals surface area contributed by atoms with Crippen molar-refractivity contribution in [3.63, 3.8) is 0 Å². The van der Waals surface area contributed by atoms with Crippen molar-refractivity contribution in [1.82, 2.24) is 0 Å². The molecule has 1 rings (SSSR count). The summed E-state index contributed by atoms with van der Waals surface area (Å²) in [5.41, 5.74) is 1.82. The van der Waals surface area contributed by atoms with E-state index < -0.39 is 0 Å². The Hall–Kier alpha value is -0.740. The topological polar surface area (TPSA) is 49.7 Å². The van der Waals surface area contributed by atoms with Gasteiger partial charge in [-0.3, -0.25) is 0 Å². The lowest BCUT2D eigenvalue weighted by atomic mass is 10.0. The quantitative estimate of drug-likeness (QED) is 0.875. The van der Waals surface area contributed by atoms with Gasteiger partial charge in [0, 0.05) is 16.6 Å². The highest BCUT2D eigenvalue weighted by Gasteiger charge is 2.13. The molecule has 0 aliphatic rings. The first-order valence-corrected chi connectivity index (χ1v) is 5.07. The van der Waals surface area contributed by atoms with Gasteiger partial charge in [0.2, 0.25) is 0 Å². The average Bonchev–Trinajstić information content (AvgIpc) is 2.14. The number of aliphatic hydroxyl groups excluding tert-OH is 1. The lowest BCUT2D eigenvalue weighted by molar-refractivity contribution is 0.295. The van der Waals surface area contributed by atoms with Crippen LogP contribution in [0.1, 0.15) is 11.1 Å². The van der Waals surface area contributed by atoms with Gasteiger partial charge in [-0.05, 0) is 25.0 Å². The fourth-order valence-corrected chi connectivity index (χ4v) is 1.86. The second-order valence-corrected chi connectivity index (χ2v) is 3.84. The smallest absolute Gasteiger partial charge is 0.164 e. The Kier molecular flexibility index (Phi) is 3.77. The first kappa shape index (κ1) is 11.3. The Morgan fingerprint density at radius 1 is 1.50 bits per heavy atom. The van der Waals surface area contributed by atoms with Crippen LogP contribution in [0.25, 0.3) is 0 Å². The molecule has 3 nitrogen and oxygen atoms in total. The summed E-state index contributed by atoms with van der Waals surface area (Å²) < 4.78 is 5.90. The fourth-order valence-electron chi connectivity index (χ4n) is 1.40. The maximum absolute atomic E-state index is 9.59. The summed E-state index contributed by atoms with van der Waals surface area (Å²) in [4.78, 5) is 0. The minimum absolute atomic E-state index is 0.0348. The minimum Gasteiger partial charge on any atom is -0.504 e. The number of aliphatic hydroxyl groups is 1. The number of benzene rings is 1. The third kappa shape index (κ3) is 2.01. The molecule has 0 spiro atoms. The van der Waals surface area contributed by atoms with E-state index in [9.17, 15) is 5.11 Å². The number of hydrogen-bond acceptors (Lipinski definition) is 3. The molecule has 0 amide bonds. The van der Waals surface area contributed by atoms with Crippen molar-refractivity contribution in [2.45, 2.75) is 13.3 Å². The summed E-state index contributed by atoms with van der Waals surface area (Å²) in [7, 11) is 1.50. The Morgan fingerprint density at radius 2 is 2.14 bits per heavy atom. The molecule has 0 saturated carbocycles. The molecular formula is C10H13BrO3. The molecule has 0 heterocycles. The zero-order chi connectivity index (χ0) is 10.7. The van der Waals surface area contributed by atoms with Gasteiger partial charge in [0.05, 0.1) is 7.11 Å². The second kappa shape index (κ2) is 4.66. The molecule has 0 aliphatic carbocycles. The molecule has 2 N–H and O–H groups in total. The molecule has 0 unspecified atom stereocenters. The number of aromatic hydroxyl groups is 1. The van der Waals surface area contributed by atoms with E-state index in [0.29, 0.717) is 12.2 Å². The Balaban J connectivity index is 3.32. The van der Waals surface area contributed by atoms with Gasteiger partial charge in [0.25, 0.3) is 0 Å². The lowest BCUT2D eigenvalue weighted by Gasteiger charge is -2.13. The van der Waals surface area contributed by atoms with E-state index >= 15 is 0 Å². The van der Waals surface area contributed by atoms with E-state index in [1.165, 1.54) is 7.11 Å². The van der Waals surface area contributed by atoms with E-state index in [1.807, 2.05) is 6.92 Å². The SMILES string of the molecule is COc1c(O)cc(Br)c(C)c1CCO. The first-order valence-electron chi connectivity index (χ1n) is 4.27. The largest absolute Gasteiger partial charge is 0.504 e. The summed E-state index contributed by atoms with van der Waals surface area (Å²) in [6, 6.07) is 1.59. The van der Waals surface area contributed by atoms with E-state index in [2.05, 4.69) is 15.9 Å². The Morgan fingerprint density at radius 3 is 2.64 bits per heavy atom. The number of ether oxygens (including phenoxy) is 1. The molecule has 1 aromatic rings. The minimum atomic E-state index is 0.0348. The monoisotopic (exact) mass is 260 g/mol. The van der Waals surface area contributed by atoms with Gasteiger partial charge in [-0.25, -0.2) is 0 Å². The van der Waals surface area contributed by atoms with Gasteiger partial charge in [0.1, 0.15) is 0 Å². The molecule has 0 fully saturated rings. The molecule has 0 bridgehead atoms. The summed E-state index contributed by atoms with van der Waals surface area (Å²) in [5.74, 6) is 0.535. The van der Waals surface area contributed by atoms with Gasteiger partial charge in [-0.2, -0.15) is 0 Å². The van der Waals surface area contributed by atoms with Crippen LogP contribution in [0.3, 0.4) is 0 Å². The zero-order valence-electron chi connectivity index (χ0n) is 8.17. The third-order valence-electron chi connectivity index (χ3n) is 2.15. The molecule has 0 atom stereocenters. The maximum Gasteiger partial charge on any atom is 0.164 e. The summed E-state index contributed by atoms with van der Waals surface area (Å²) >= 11 is 3.33. The van der Waals surface area contributed by atoms with Crippen molar-refractivity contribution in [3.05, 3.63) is 21.7 Å². The van der Waals surface area contributed by atoms with Crippen molar-refractivity contribution in [1.29, 1.82) is 0 Å². The second-order valence-electron chi connectivity index (χ2n) is 2.99. The van der Waals surface area contributed by atoms with Crippen LogP contribution in [0.5, 0.6) is 11.5 Å². The van der Waals surface area contributed by atoms with Crippen LogP contribution >= 0.6 is 15.9 Å². The Bertz CT molecular complexity index is 337. The zero-order valence-corrected chi connectivity index (χ0v) is 9.76. The number of methoxy groups -OCH3 is 1. The van der Waals surface area contributed by atoms with Crippen LogP contribution in [0.4, 0.5) is 0 Å². The van der Waals surface area contributed by atoms with Gasteiger partial charge in [0.15, 0.2) is 11.5 Å². The highest BCUT2D eigenvalue weighted by molar-refractivity contribution is 9.10. The molecule has 0 aromatic heterocycles. The predicted octanol–water partition coefficient (Wildman–Crippen LogP) is 2.01. The van der Waals surface area contributed by atoms with Crippen LogP contribution in [0.2, 0.25) is 0 Å². The molecule has 4 heteroatoms. The van der Waals surface area contributed by atoms with Gasteiger partial charge in [-0.1, -0.05) is 15.9 Å². The van der Waals surface area contributed by atoms with Crippen molar-refractivity contribution in [3.8, 4) is 11.5 Å². The lowest BCUT2D eigenvalue weighted by Crippen LogP contribution is -1.99. The number of halogens is 1. The van der Waals surface area contributed by atoms with Crippen LogP contribution in [0.15, 0.2) is 10.5 Å². The molecule has 0 radical (unpaired) electrons. The summed E-state index contributed by atoms with van der Waals surface area (Å²) in [6.07, 6.45) is 0.474. The van der Waals surface area contributed by atoms with Gasteiger partial charge >= 0.3 is 0 Å².